The van der Waals surface area contributed by atoms with Crippen molar-refractivity contribution in [2.45, 2.75) is 36.9 Å². The van der Waals surface area contributed by atoms with E-state index < -0.39 is 21.8 Å². The molecule has 7 nitrogen and oxygen atoms in total. The Morgan fingerprint density at radius 1 is 1.00 bits per heavy atom. The highest BCUT2D eigenvalue weighted by Crippen LogP contribution is 2.32. The molecule has 0 saturated carbocycles. The van der Waals surface area contributed by atoms with Crippen molar-refractivity contribution in [1.29, 1.82) is 0 Å². The summed E-state index contributed by atoms with van der Waals surface area (Å²) in [6, 6.07) is 8.88. The Labute approximate surface area is 184 Å². The topological polar surface area (TPSA) is 93.7 Å². The van der Waals surface area contributed by atoms with Gasteiger partial charge in [-0.2, -0.15) is 13.2 Å². The Hall–Kier alpha value is -2.79. The van der Waals surface area contributed by atoms with Gasteiger partial charge in [-0.05, 0) is 36.2 Å². The minimum absolute atomic E-state index is 0.0357. The summed E-state index contributed by atoms with van der Waals surface area (Å²) in [5, 5.41) is 2.60. The molecule has 2 N–H and O–H groups in total. The molecule has 1 amide bonds. The van der Waals surface area contributed by atoms with Crippen LogP contribution in [0.15, 0.2) is 47.4 Å². The van der Waals surface area contributed by atoms with Crippen LogP contribution in [0.2, 0.25) is 0 Å². The van der Waals surface area contributed by atoms with E-state index in [-0.39, 0.29) is 36.7 Å². The number of fused-ring (bicyclic) bond motifs is 1. The molecule has 1 heterocycles. The van der Waals surface area contributed by atoms with Gasteiger partial charge < -0.3 is 14.8 Å². The van der Waals surface area contributed by atoms with Gasteiger partial charge in [0.25, 0.3) is 0 Å². The van der Waals surface area contributed by atoms with E-state index in [0.717, 1.165) is 12.1 Å². The summed E-state index contributed by atoms with van der Waals surface area (Å²) in [4.78, 5) is 12.0. The summed E-state index contributed by atoms with van der Waals surface area (Å²) < 4.78 is 76.0. The number of nitrogens with one attached hydrogen (secondary N) is 2. The van der Waals surface area contributed by atoms with E-state index in [9.17, 15) is 26.4 Å². The largest absolute Gasteiger partial charge is 0.490 e. The lowest BCUT2D eigenvalue weighted by atomic mass is 10.1. The zero-order valence-corrected chi connectivity index (χ0v) is 17.9. The Kier molecular flexibility index (Phi) is 7.62. The lowest BCUT2D eigenvalue weighted by molar-refractivity contribution is -0.137. The number of alkyl halides is 3. The molecular weight excluding hydrogens is 449 g/mol. The molecule has 0 saturated heterocycles. The van der Waals surface area contributed by atoms with E-state index in [2.05, 4.69) is 10.0 Å². The van der Waals surface area contributed by atoms with Crippen LogP contribution in [-0.2, 0) is 27.5 Å². The predicted octanol–water partition coefficient (Wildman–Crippen LogP) is 3.24. The SMILES string of the molecule is O=C(CCCNS(=O)(=O)c1ccc2c(c1)OCCCO2)NCc1ccc(C(F)(F)F)cc1. The molecule has 2 aromatic carbocycles. The zero-order valence-electron chi connectivity index (χ0n) is 17.1. The number of sulfonamides is 1. The highest BCUT2D eigenvalue weighted by molar-refractivity contribution is 7.89. The smallest absolute Gasteiger partial charge is 0.416 e. The number of rotatable bonds is 8. The highest BCUT2D eigenvalue weighted by Gasteiger charge is 2.29. The van der Waals surface area contributed by atoms with E-state index in [0.29, 0.717) is 36.7 Å². The van der Waals surface area contributed by atoms with Crippen molar-refractivity contribution in [2.24, 2.45) is 0 Å². The highest BCUT2D eigenvalue weighted by atomic mass is 32.2. The number of amides is 1. The number of ether oxygens (including phenoxy) is 2. The molecule has 32 heavy (non-hydrogen) atoms. The molecule has 0 spiro atoms. The first-order valence-electron chi connectivity index (χ1n) is 9.97. The summed E-state index contributed by atoms with van der Waals surface area (Å²) in [6.07, 6.45) is -3.39. The van der Waals surface area contributed by atoms with Gasteiger partial charge in [-0.25, -0.2) is 13.1 Å². The van der Waals surface area contributed by atoms with Gasteiger partial charge in [-0.3, -0.25) is 4.79 Å². The Morgan fingerprint density at radius 2 is 1.69 bits per heavy atom. The fraction of sp³-hybridized carbons (Fsp3) is 0.381. The van der Waals surface area contributed by atoms with E-state index in [1.807, 2.05) is 0 Å². The van der Waals surface area contributed by atoms with Crippen molar-refractivity contribution >= 4 is 15.9 Å². The summed E-state index contributed by atoms with van der Waals surface area (Å²) in [5.74, 6) is 0.527. The molecule has 174 valence electrons. The lowest BCUT2D eigenvalue weighted by Crippen LogP contribution is -2.27. The number of hydrogen-bond acceptors (Lipinski definition) is 5. The summed E-state index contributed by atoms with van der Waals surface area (Å²) >= 11 is 0. The quantitative estimate of drug-likeness (QED) is 0.576. The molecule has 3 rings (SSSR count). The van der Waals surface area contributed by atoms with Gasteiger partial charge in [0.1, 0.15) is 0 Å². The normalized spacial score (nSPS) is 14.0. The molecule has 1 aliphatic rings. The lowest BCUT2D eigenvalue weighted by Gasteiger charge is -2.11. The number of carbonyl (C=O) groups is 1. The van der Waals surface area contributed by atoms with E-state index in [1.165, 1.54) is 24.3 Å². The number of halogens is 3. The summed E-state index contributed by atoms with van der Waals surface area (Å²) in [5.41, 5.74) is -0.227. The van der Waals surface area contributed by atoms with E-state index >= 15 is 0 Å². The zero-order chi connectivity index (χ0) is 23.2. The predicted molar refractivity (Wildman–Crippen MR) is 110 cm³/mol. The van der Waals surface area contributed by atoms with Gasteiger partial charge in [-0.15, -0.1) is 0 Å². The van der Waals surface area contributed by atoms with Crippen molar-refractivity contribution in [2.75, 3.05) is 19.8 Å². The number of benzene rings is 2. The second-order valence-electron chi connectivity index (χ2n) is 7.13. The van der Waals surface area contributed by atoms with Gasteiger partial charge in [-0.1, -0.05) is 12.1 Å². The van der Waals surface area contributed by atoms with Crippen LogP contribution in [-0.4, -0.2) is 34.1 Å². The number of carbonyl (C=O) groups excluding carboxylic acids is 1. The van der Waals surface area contributed by atoms with Crippen molar-refractivity contribution in [1.82, 2.24) is 10.0 Å². The van der Waals surface area contributed by atoms with Gasteiger partial charge in [0, 0.05) is 32.0 Å². The minimum Gasteiger partial charge on any atom is -0.490 e. The van der Waals surface area contributed by atoms with Crippen LogP contribution in [0.1, 0.15) is 30.4 Å². The van der Waals surface area contributed by atoms with Gasteiger partial charge in [0.15, 0.2) is 11.5 Å². The molecule has 2 aromatic rings. The molecular formula is C21H23F3N2O5S. The molecule has 0 aromatic heterocycles. The monoisotopic (exact) mass is 472 g/mol. The second kappa shape index (κ2) is 10.2. The van der Waals surface area contributed by atoms with Gasteiger partial charge in [0.05, 0.1) is 23.7 Å². The fourth-order valence-electron chi connectivity index (χ4n) is 2.95. The third-order valence-electron chi connectivity index (χ3n) is 4.67. The van der Waals surface area contributed by atoms with Crippen LogP contribution < -0.4 is 19.5 Å². The van der Waals surface area contributed by atoms with E-state index in [4.69, 9.17) is 9.47 Å². The molecule has 0 fully saturated rings. The van der Waals surface area contributed by atoms with Crippen LogP contribution >= 0.6 is 0 Å². The Bertz CT molecular complexity index is 1040. The maximum atomic E-state index is 12.6. The molecule has 0 unspecified atom stereocenters. The average molecular weight is 472 g/mol. The first-order chi connectivity index (χ1) is 15.1. The second-order valence-corrected chi connectivity index (χ2v) is 8.90. The summed E-state index contributed by atoms with van der Waals surface area (Å²) in [6.45, 7) is 1.06. The summed E-state index contributed by atoms with van der Waals surface area (Å²) in [7, 11) is -3.78. The van der Waals surface area contributed by atoms with Crippen molar-refractivity contribution in [3.8, 4) is 11.5 Å². The molecule has 1 aliphatic heterocycles. The van der Waals surface area contributed by atoms with E-state index in [1.54, 1.807) is 6.07 Å². The molecule has 0 bridgehead atoms. The first kappa shape index (κ1) is 23.9. The van der Waals surface area contributed by atoms with Crippen molar-refractivity contribution in [3.05, 3.63) is 53.6 Å². The molecule has 0 radical (unpaired) electrons. The Morgan fingerprint density at radius 3 is 2.38 bits per heavy atom. The van der Waals surface area contributed by atoms with Crippen LogP contribution in [0.4, 0.5) is 13.2 Å². The van der Waals surface area contributed by atoms with Crippen LogP contribution in [0.25, 0.3) is 0 Å². The van der Waals surface area contributed by atoms with Gasteiger partial charge >= 0.3 is 6.18 Å². The Balaban J connectivity index is 1.42. The maximum Gasteiger partial charge on any atom is 0.416 e. The third kappa shape index (κ3) is 6.60. The molecule has 0 atom stereocenters. The minimum atomic E-state index is -4.41. The average Bonchev–Trinajstić information content (AvgIpc) is 3.00. The van der Waals surface area contributed by atoms with Gasteiger partial charge in [0.2, 0.25) is 15.9 Å². The number of hydrogen-bond donors (Lipinski definition) is 2. The van der Waals surface area contributed by atoms with Crippen LogP contribution in [0, 0.1) is 0 Å². The maximum absolute atomic E-state index is 12.6. The van der Waals surface area contributed by atoms with Crippen molar-refractivity contribution in [3.63, 3.8) is 0 Å². The fourth-order valence-corrected chi connectivity index (χ4v) is 4.04. The first-order valence-corrected chi connectivity index (χ1v) is 11.5. The van der Waals surface area contributed by atoms with Crippen LogP contribution in [0.3, 0.4) is 0 Å². The molecule has 0 aliphatic carbocycles. The van der Waals surface area contributed by atoms with Crippen LogP contribution in [0.5, 0.6) is 11.5 Å². The van der Waals surface area contributed by atoms with Crippen molar-refractivity contribution < 1.29 is 35.9 Å². The standard InChI is InChI=1S/C21H23F3N2O5S/c22-21(23,24)16-6-4-15(5-7-16)14-25-20(27)3-1-10-26-32(28,29)17-8-9-18-19(13-17)31-12-2-11-30-18/h4-9,13,26H,1-3,10-12,14H2,(H,25,27). The molecule has 11 heteroatoms. The third-order valence-corrected chi connectivity index (χ3v) is 6.13.